The van der Waals surface area contributed by atoms with Crippen LogP contribution >= 0.6 is 34.8 Å². The number of halogens is 3. The molecule has 2 rings (SSSR count). The second kappa shape index (κ2) is 5.70. The topological polar surface area (TPSA) is 46.2 Å². The van der Waals surface area contributed by atoms with E-state index in [4.69, 9.17) is 34.8 Å². The van der Waals surface area contributed by atoms with E-state index < -0.39 is 11.8 Å². The molecule has 0 radical (unpaired) electrons. The van der Waals surface area contributed by atoms with Gasteiger partial charge in [-0.3, -0.25) is 14.9 Å². The van der Waals surface area contributed by atoms with Gasteiger partial charge in [0.1, 0.15) is 0 Å². The summed E-state index contributed by atoms with van der Waals surface area (Å²) in [4.78, 5) is 23.6. The first-order valence-corrected chi connectivity index (χ1v) is 7.17. The van der Waals surface area contributed by atoms with Gasteiger partial charge in [-0.25, -0.2) is 0 Å². The Balaban J connectivity index is 2.57. The van der Waals surface area contributed by atoms with E-state index in [2.05, 4.69) is 12.2 Å². The molecule has 0 aliphatic carbocycles. The van der Waals surface area contributed by atoms with Crippen LogP contribution in [0.5, 0.6) is 0 Å². The van der Waals surface area contributed by atoms with E-state index in [0.717, 1.165) is 19.3 Å². The van der Waals surface area contributed by atoms with Gasteiger partial charge in [0, 0.05) is 0 Å². The molecule has 0 bridgehead atoms. The predicted octanol–water partition coefficient (Wildman–Crippen LogP) is 4.26. The first kappa shape index (κ1) is 14.6. The Bertz CT molecular complexity index is 570. The fourth-order valence-corrected chi connectivity index (χ4v) is 3.00. The second-order valence-corrected chi connectivity index (χ2v) is 5.54. The number of benzene rings is 1. The van der Waals surface area contributed by atoms with Gasteiger partial charge in [-0.2, -0.15) is 0 Å². The zero-order chi connectivity index (χ0) is 14.2. The lowest BCUT2D eigenvalue weighted by Crippen LogP contribution is -2.20. The molecule has 102 valence electrons. The third-order valence-electron chi connectivity index (χ3n) is 3.13. The van der Waals surface area contributed by atoms with E-state index in [1.165, 1.54) is 0 Å². The number of hydrogen-bond donors (Lipinski definition) is 1. The normalized spacial score (nSPS) is 13.7. The average molecular weight is 321 g/mol. The van der Waals surface area contributed by atoms with E-state index in [0.29, 0.717) is 12.0 Å². The van der Waals surface area contributed by atoms with Crippen LogP contribution in [0.25, 0.3) is 0 Å². The predicted molar refractivity (Wildman–Crippen MR) is 76.5 cm³/mol. The molecule has 0 spiro atoms. The Morgan fingerprint density at radius 3 is 2.16 bits per heavy atom. The number of unbranched alkanes of at least 4 members (excludes halogenated alkanes) is 2. The fourth-order valence-electron chi connectivity index (χ4n) is 2.19. The highest BCUT2D eigenvalue weighted by atomic mass is 35.5. The molecule has 1 heterocycles. The van der Waals surface area contributed by atoms with Gasteiger partial charge in [-0.05, 0) is 18.4 Å². The van der Waals surface area contributed by atoms with Crippen LogP contribution in [0.15, 0.2) is 0 Å². The lowest BCUT2D eigenvalue weighted by molar-refractivity contribution is 0.0879. The molecule has 0 saturated carbocycles. The second-order valence-electron chi connectivity index (χ2n) is 4.41. The van der Waals surface area contributed by atoms with Crippen LogP contribution in [-0.2, 0) is 6.42 Å². The molecular formula is C13H12Cl3NO2. The number of fused-ring (bicyclic) bond motifs is 1. The van der Waals surface area contributed by atoms with E-state index in [-0.39, 0.29) is 26.2 Å². The van der Waals surface area contributed by atoms with Crippen molar-refractivity contribution in [2.45, 2.75) is 32.6 Å². The summed E-state index contributed by atoms with van der Waals surface area (Å²) < 4.78 is 0. The molecule has 2 amide bonds. The molecular weight excluding hydrogens is 309 g/mol. The fraction of sp³-hybridized carbons (Fsp3) is 0.385. The van der Waals surface area contributed by atoms with Crippen LogP contribution in [0.1, 0.15) is 52.5 Å². The van der Waals surface area contributed by atoms with Gasteiger partial charge in [-0.1, -0.05) is 54.6 Å². The first-order valence-electron chi connectivity index (χ1n) is 6.04. The van der Waals surface area contributed by atoms with Crippen LogP contribution < -0.4 is 5.32 Å². The number of amides is 2. The average Bonchev–Trinajstić information content (AvgIpc) is 2.66. The summed E-state index contributed by atoms with van der Waals surface area (Å²) in [6, 6.07) is 0. The Morgan fingerprint density at radius 1 is 0.895 bits per heavy atom. The standard InChI is InChI=1S/C13H12Cl3NO2/c1-2-3-4-5-6-7-8(13(19)17-12(7)18)10(15)11(16)9(6)14/h2-5H2,1H3,(H,17,18,19). The Labute approximate surface area is 126 Å². The molecule has 3 nitrogen and oxygen atoms in total. The largest absolute Gasteiger partial charge is 0.288 e. The molecule has 0 fully saturated rings. The van der Waals surface area contributed by atoms with Gasteiger partial charge in [-0.15, -0.1) is 0 Å². The Morgan fingerprint density at radius 2 is 1.53 bits per heavy atom. The molecule has 1 aromatic rings. The molecule has 0 atom stereocenters. The zero-order valence-electron chi connectivity index (χ0n) is 10.3. The summed E-state index contributed by atoms with van der Waals surface area (Å²) >= 11 is 18.2. The van der Waals surface area contributed by atoms with Crippen LogP contribution in [0.3, 0.4) is 0 Å². The number of nitrogens with one attached hydrogen (secondary N) is 1. The van der Waals surface area contributed by atoms with Gasteiger partial charge in [0.2, 0.25) is 0 Å². The highest BCUT2D eigenvalue weighted by Crippen LogP contribution is 2.41. The minimum atomic E-state index is -0.514. The van der Waals surface area contributed by atoms with Gasteiger partial charge < -0.3 is 0 Å². The number of carbonyl (C=O) groups is 2. The van der Waals surface area contributed by atoms with Crippen molar-refractivity contribution in [2.75, 3.05) is 0 Å². The molecule has 19 heavy (non-hydrogen) atoms. The number of rotatable bonds is 4. The molecule has 1 aliphatic rings. The number of carbonyl (C=O) groups excluding carboxylic acids is 2. The summed E-state index contributed by atoms with van der Waals surface area (Å²) in [5.74, 6) is -0.965. The third-order valence-corrected chi connectivity index (χ3v) is 4.50. The smallest absolute Gasteiger partial charge is 0.260 e. The maximum absolute atomic E-state index is 11.9. The van der Waals surface area contributed by atoms with Crippen molar-refractivity contribution >= 4 is 46.6 Å². The van der Waals surface area contributed by atoms with Crippen molar-refractivity contribution in [1.82, 2.24) is 5.32 Å². The van der Waals surface area contributed by atoms with Gasteiger partial charge in [0.15, 0.2) is 0 Å². The highest BCUT2D eigenvalue weighted by Gasteiger charge is 2.35. The van der Waals surface area contributed by atoms with Crippen LogP contribution in [0, 0.1) is 0 Å². The van der Waals surface area contributed by atoms with Gasteiger partial charge in [0.05, 0.1) is 26.2 Å². The molecule has 0 aromatic heterocycles. The molecule has 0 unspecified atom stereocenters. The molecule has 1 aliphatic heterocycles. The lowest BCUT2D eigenvalue weighted by Gasteiger charge is -2.12. The van der Waals surface area contributed by atoms with Gasteiger partial charge >= 0.3 is 0 Å². The van der Waals surface area contributed by atoms with Crippen molar-refractivity contribution in [3.63, 3.8) is 0 Å². The molecule has 1 N–H and O–H groups in total. The molecule has 0 saturated heterocycles. The van der Waals surface area contributed by atoms with E-state index in [9.17, 15) is 9.59 Å². The van der Waals surface area contributed by atoms with Crippen LogP contribution in [-0.4, -0.2) is 11.8 Å². The number of imide groups is 1. The first-order chi connectivity index (χ1) is 8.99. The van der Waals surface area contributed by atoms with E-state index in [1.807, 2.05) is 0 Å². The lowest BCUT2D eigenvalue weighted by atomic mass is 9.97. The van der Waals surface area contributed by atoms with E-state index >= 15 is 0 Å². The zero-order valence-corrected chi connectivity index (χ0v) is 12.5. The van der Waals surface area contributed by atoms with Crippen molar-refractivity contribution < 1.29 is 9.59 Å². The number of hydrogen-bond acceptors (Lipinski definition) is 2. The summed E-state index contributed by atoms with van der Waals surface area (Å²) in [6.07, 6.45) is 3.54. The summed E-state index contributed by atoms with van der Waals surface area (Å²) in [5.41, 5.74) is 1.04. The Kier molecular flexibility index (Phi) is 4.39. The van der Waals surface area contributed by atoms with Crippen molar-refractivity contribution in [2.24, 2.45) is 0 Å². The quantitative estimate of drug-likeness (QED) is 0.512. The van der Waals surface area contributed by atoms with Gasteiger partial charge in [0.25, 0.3) is 11.8 Å². The SMILES string of the molecule is CCCCCc1c(Cl)c(Cl)c(Cl)c2c1C(=O)NC2=O. The van der Waals surface area contributed by atoms with Crippen molar-refractivity contribution in [1.29, 1.82) is 0 Å². The molecule has 6 heteroatoms. The summed E-state index contributed by atoms with van der Waals surface area (Å²) in [7, 11) is 0. The third kappa shape index (κ3) is 2.47. The molecule has 1 aromatic carbocycles. The van der Waals surface area contributed by atoms with Crippen molar-refractivity contribution in [3.05, 3.63) is 31.8 Å². The maximum atomic E-state index is 11.9. The maximum Gasteiger partial charge on any atom is 0.260 e. The minimum absolute atomic E-state index is 0.0456. The monoisotopic (exact) mass is 319 g/mol. The van der Waals surface area contributed by atoms with Crippen LogP contribution in [0.2, 0.25) is 15.1 Å². The summed E-state index contributed by atoms with van der Waals surface area (Å²) in [6.45, 7) is 2.08. The van der Waals surface area contributed by atoms with Crippen LogP contribution in [0.4, 0.5) is 0 Å². The highest BCUT2D eigenvalue weighted by molar-refractivity contribution is 6.51. The summed E-state index contributed by atoms with van der Waals surface area (Å²) in [5, 5.41) is 2.68. The minimum Gasteiger partial charge on any atom is -0.288 e. The Hall–Kier alpha value is -0.770. The van der Waals surface area contributed by atoms with E-state index in [1.54, 1.807) is 0 Å². The van der Waals surface area contributed by atoms with Crippen molar-refractivity contribution in [3.8, 4) is 0 Å².